The fourth-order valence-electron chi connectivity index (χ4n) is 2.90. The first-order chi connectivity index (χ1) is 12.5. The molecule has 9 nitrogen and oxygen atoms in total. The van der Waals surface area contributed by atoms with Gasteiger partial charge < -0.3 is 15.3 Å². The fraction of sp³-hybridized carbons (Fsp3) is 0.312. The van der Waals surface area contributed by atoms with Crippen LogP contribution >= 0.6 is 11.6 Å². The van der Waals surface area contributed by atoms with Crippen LogP contribution in [0.2, 0.25) is 5.02 Å². The normalized spacial score (nSPS) is 14.9. The van der Waals surface area contributed by atoms with Gasteiger partial charge in [-0.2, -0.15) is 0 Å². The van der Waals surface area contributed by atoms with Crippen molar-refractivity contribution in [3.8, 4) is 0 Å². The number of benzene rings is 1. The number of nitrogens with one attached hydrogen (secondary N) is 1. The maximum absolute atomic E-state index is 11.7. The van der Waals surface area contributed by atoms with E-state index in [2.05, 4.69) is 15.3 Å². The van der Waals surface area contributed by atoms with Crippen molar-refractivity contribution in [1.82, 2.24) is 9.97 Å². The van der Waals surface area contributed by atoms with E-state index in [4.69, 9.17) is 16.7 Å². The molecular formula is C16H16ClN5O4. The minimum Gasteiger partial charge on any atom is -0.481 e. The van der Waals surface area contributed by atoms with Crippen molar-refractivity contribution < 1.29 is 14.8 Å². The largest absolute Gasteiger partial charge is 0.481 e. The van der Waals surface area contributed by atoms with Crippen molar-refractivity contribution in [3.05, 3.63) is 45.7 Å². The fourth-order valence-corrected chi connectivity index (χ4v) is 3.09. The summed E-state index contributed by atoms with van der Waals surface area (Å²) in [6.45, 7) is 0.761. The van der Waals surface area contributed by atoms with Gasteiger partial charge in [0, 0.05) is 23.8 Å². The summed E-state index contributed by atoms with van der Waals surface area (Å²) >= 11 is 5.94. The van der Waals surface area contributed by atoms with E-state index in [0.29, 0.717) is 36.6 Å². The molecular weight excluding hydrogens is 362 g/mol. The topological polar surface area (TPSA) is 121 Å². The smallest absolute Gasteiger partial charge is 0.353 e. The first-order valence-electron chi connectivity index (χ1n) is 7.95. The van der Waals surface area contributed by atoms with Crippen LogP contribution in [0.25, 0.3) is 0 Å². The van der Waals surface area contributed by atoms with Crippen molar-refractivity contribution in [3.63, 3.8) is 0 Å². The molecule has 1 aliphatic heterocycles. The van der Waals surface area contributed by atoms with Gasteiger partial charge in [-0.15, -0.1) is 0 Å². The molecule has 0 aliphatic carbocycles. The van der Waals surface area contributed by atoms with E-state index in [1.54, 1.807) is 29.2 Å². The second-order valence-corrected chi connectivity index (χ2v) is 6.32. The summed E-state index contributed by atoms with van der Waals surface area (Å²) in [5.74, 6) is -1.04. The highest BCUT2D eigenvalue weighted by atomic mass is 35.5. The highest BCUT2D eigenvalue weighted by molar-refractivity contribution is 6.30. The lowest BCUT2D eigenvalue weighted by molar-refractivity contribution is -0.383. The zero-order valence-electron chi connectivity index (χ0n) is 13.6. The summed E-state index contributed by atoms with van der Waals surface area (Å²) in [5.41, 5.74) is 0.316. The molecule has 1 aromatic heterocycles. The molecule has 3 rings (SSSR count). The van der Waals surface area contributed by atoms with Gasteiger partial charge >= 0.3 is 11.7 Å². The van der Waals surface area contributed by atoms with Crippen molar-refractivity contribution in [2.75, 3.05) is 23.3 Å². The minimum atomic E-state index is -0.842. The van der Waals surface area contributed by atoms with E-state index in [1.165, 1.54) is 6.33 Å². The molecule has 136 valence electrons. The lowest BCUT2D eigenvalue weighted by Gasteiger charge is -2.30. The standard InChI is InChI=1S/C16H16ClN5O4/c17-11-2-1-3-12(8-11)20-14-13(22(25)26)15(19-9-18-14)21-6-4-10(5-7-21)16(23)24/h1-3,8-10H,4-7H2,(H,23,24)(H,18,19,20). The quantitative estimate of drug-likeness (QED) is 0.602. The van der Waals surface area contributed by atoms with Gasteiger partial charge in [0.25, 0.3) is 0 Å². The third kappa shape index (κ3) is 3.83. The first-order valence-corrected chi connectivity index (χ1v) is 8.33. The number of hydrogen-bond acceptors (Lipinski definition) is 7. The lowest BCUT2D eigenvalue weighted by atomic mass is 9.97. The Morgan fingerprint density at radius 2 is 2.08 bits per heavy atom. The molecule has 1 saturated heterocycles. The number of nitro groups is 1. The molecule has 1 aromatic carbocycles. The summed E-state index contributed by atoms with van der Waals surface area (Å²) in [6, 6.07) is 6.76. The molecule has 2 N–H and O–H groups in total. The second-order valence-electron chi connectivity index (χ2n) is 5.89. The van der Waals surface area contributed by atoms with Crippen LogP contribution in [0.3, 0.4) is 0 Å². The number of hydrogen-bond donors (Lipinski definition) is 2. The van der Waals surface area contributed by atoms with Crippen LogP contribution in [0, 0.1) is 16.0 Å². The Kier molecular flexibility index (Phi) is 5.17. The summed E-state index contributed by atoms with van der Waals surface area (Å²) in [4.78, 5) is 32.0. The average molecular weight is 378 g/mol. The van der Waals surface area contributed by atoms with Crippen LogP contribution in [-0.2, 0) is 4.79 Å². The van der Waals surface area contributed by atoms with Gasteiger partial charge in [0.2, 0.25) is 11.6 Å². The summed E-state index contributed by atoms with van der Waals surface area (Å²) in [6.07, 6.45) is 2.07. The van der Waals surface area contributed by atoms with Crippen LogP contribution in [0.15, 0.2) is 30.6 Å². The van der Waals surface area contributed by atoms with Gasteiger partial charge in [0.15, 0.2) is 0 Å². The Morgan fingerprint density at radius 3 is 2.69 bits per heavy atom. The Hall–Kier alpha value is -2.94. The maximum atomic E-state index is 11.7. The van der Waals surface area contributed by atoms with Crippen LogP contribution < -0.4 is 10.2 Å². The number of aliphatic carboxylic acids is 1. The van der Waals surface area contributed by atoms with Gasteiger partial charge in [0.1, 0.15) is 6.33 Å². The monoisotopic (exact) mass is 377 g/mol. The molecule has 0 bridgehead atoms. The van der Waals surface area contributed by atoms with E-state index in [0.717, 1.165) is 0 Å². The molecule has 0 radical (unpaired) electrons. The number of carboxylic acid groups (broad SMARTS) is 1. The number of aromatic nitrogens is 2. The molecule has 26 heavy (non-hydrogen) atoms. The summed E-state index contributed by atoms with van der Waals surface area (Å²) < 4.78 is 0. The van der Waals surface area contributed by atoms with Crippen LogP contribution in [0.1, 0.15) is 12.8 Å². The average Bonchev–Trinajstić information content (AvgIpc) is 2.61. The zero-order valence-corrected chi connectivity index (χ0v) is 14.4. The lowest BCUT2D eigenvalue weighted by Crippen LogP contribution is -2.37. The molecule has 1 fully saturated rings. The predicted molar refractivity (Wildman–Crippen MR) is 96.0 cm³/mol. The van der Waals surface area contributed by atoms with Crippen molar-refractivity contribution >= 4 is 40.6 Å². The molecule has 0 unspecified atom stereocenters. The number of nitrogens with zero attached hydrogens (tertiary/aromatic N) is 4. The molecule has 0 amide bonds. The van der Waals surface area contributed by atoms with Crippen molar-refractivity contribution in [2.45, 2.75) is 12.8 Å². The van der Waals surface area contributed by atoms with Gasteiger partial charge in [-0.1, -0.05) is 17.7 Å². The van der Waals surface area contributed by atoms with Gasteiger partial charge in [-0.25, -0.2) is 9.97 Å². The number of anilines is 3. The minimum absolute atomic E-state index is 0.0580. The van der Waals surface area contributed by atoms with Gasteiger partial charge in [-0.3, -0.25) is 14.9 Å². The van der Waals surface area contributed by atoms with Crippen molar-refractivity contribution in [1.29, 1.82) is 0 Å². The molecule has 0 atom stereocenters. The number of piperidine rings is 1. The van der Waals surface area contributed by atoms with E-state index in [-0.39, 0.29) is 17.3 Å². The number of rotatable bonds is 5. The Bertz CT molecular complexity index is 839. The number of halogens is 1. The predicted octanol–water partition coefficient (Wildman–Crippen LogP) is 3.08. The highest BCUT2D eigenvalue weighted by Crippen LogP contribution is 2.35. The molecule has 1 aliphatic rings. The Morgan fingerprint density at radius 1 is 1.35 bits per heavy atom. The van der Waals surface area contributed by atoms with E-state index < -0.39 is 16.8 Å². The third-order valence-electron chi connectivity index (χ3n) is 4.22. The first kappa shape index (κ1) is 17.9. The van der Waals surface area contributed by atoms with E-state index in [1.807, 2.05) is 0 Å². The second kappa shape index (κ2) is 7.52. The molecule has 0 saturated carbocycles. The zero-order chi connectivity index (χ0) is 18.7. The van der Waals surface area contributed by atoms with Gasteiger partial charge in [-0.05, 0) is 31.0 Å². The van der Waals surface area contributed by atoms with Gasteiger partial charge in [0.05, 0.1) is 10.8 Å². The Balaban J connectivity index is 1.89. The molecule has 0 spiro atoms. The van der Waals surface area contributed by atoms with Crippen LogP contribution in [-0.4, -0.2) is 39.1 Å². The highest BCUT2D eigenvalue weighted by Gasteiger charge is 2.31. The number of carbonyl (C=O) groups is 1. The molecule has 2 aromatic rings. The summed E-state index contributed by atoms with van der Waals surface area (Å²) in [7, 11) is 0. The maximum Gasteiger partial charge on any atom is 0.353 e. The molecule has 2 heterocycles. The Labute approximate surface area is 153 Å². The number of carboxylic acids is 1. The van der Waals surface area contributed by atoms with Crippen LogP contribution in [0.4, 0.5) is 23.0 Å². The SMILES string of the molecule is O=C(O)C1CCN(c2ncnc(Nc3cccc(Cl)c3)c2[N+](=O)[O-])CC1. The summed E-state index contributed by atoms with van der Waals surface area (Å²) in [5, 5.41) is 24.1. The van der Waals surface area contributed by atoms with Crippen LogP contribution in [0.5, 0.6) is 0 Å². The van der Waals surface area contributed by atoms with E-state index in [9.17, 15) is 14.9 Å². The van der Waals surface area contributed by atoms with E-state index >= 15 is 0 Å². The molecule has 10 heteroatoms. The third-order valence-corrected chi connectivity index (χ3v) is 4.45. The van der Waals surface area contributed by atoms with Crippen molar-refractivity contribution in [2.24, 2.45) is 5.92 Å².